The molecule has 0 bridgehead atoms. The fourth-order valence-electron chi connectivity index (χ4n) is 3.49. The van der Waals surface area contributed by atoms with E-state index in [0.717, 1.165) is 5.56 Å². The Balaban J connectivity index is 1.73. The first-order valence-electron chi connectivity index (χ1n) is 8.43. The van der Waals surface area contributed by atoms with E-state index in [0.29, 0.717) is 25.9 Å². The van der Waals surface area contributed by atoms with Crippen LogP contribution in [0.5, 0.6) is 0 Å². The first-order valence-corrected chi connectivity index (χ1v) is 8.81. The highest BCUT2D eigenvalue weighted by atomic mass is 35.5. The van der Waals surface area contributed by atoms with Crippen LogP contribution in [0.2, 0.25) is 5.02 Å². The lowest BCUT2D eigenvalue weighted by Gasteiger charge is -2.39. The van der Waals surface area contributed by atoms with Crippen LogP contribution >= 0.6 is 11.6 Å². The molecule has 1 saturated heterocycles. The van der Waals surface area contributed by atoms with Crippen molar-refractivity contribution in [2.75, 3.05) is 13.1 Å². The molecule has 6 heteroatoms. The van der Waals surface area contributed by atoms with Crippen LogP contribution in [0.25, 0.3) is 0 Å². The van der Waals surface area contributed by atoms with Crippen molar-refractivity contribution >= 4 is 23.5 Å². The van der Waals surface area contributed by atoms with E-state index in [1.807, 2.05) is 30.3 Å². The molecule has 1 amide bonds. The number of piperidine rings is 1. The Morgan fingerprint density at radius 1 is 1.08 bits per heavy atom. The first-order chi connectivity index (χ1) is 12.4. The van der Waals surface area contributed by atoms with Crippen molar-refractivity contribution in [2.24, 2.45) is 0 Å². The molecule has 1 aliphatic heterocycles. The van der Waals surface area contributed by atoms with Crippen LogP contribution in [0.1, 0.15) is 24.0 Å². The molecule has 1 N–H and O–H groups in total. The maximum Gasteiger partial charge on any atom is 0.314 e. The molecule has 1 fully saturated rings. The normalized spacial score (nSPS) is 16.3. The number of amides is 1. The Morgan fingerprint density at radius 2 is 1.73 bits per heavy atom. The molecule has 2 aromatic carbocycles. The third kappa shape index (κ3) is 3.44. The van der Waals surface area contributed by atoms with E-state index in [-0.39, 0.29) is 22.9 Å². The van der Waals surface area contributed by atoms with Gasteiger partial charge in [-0.2, -0.15) is 0 Å². The minimum Gasteiger partial charge on any atom is -0.481 e. The van der Waals surface area contributed by atoms with Crippen LogP contribution < -0.4 is 0 Å². The minimum atomic E-state index is -0.992. The van der Waals surface area contributed by atoms with E-state index in [2.05, 4.69) is 0 Å². The maximum atomic E-state index is 13.9. The molecule has 0 unspecified atom stereocenters. The number of likely N-dealkylation sites (tertiary alicyclic amines) is 1. The highest BCUT2D eigenvalue weighted by Crippen LogP contribution is 2.36. The number of benzene rings is 2. The lowest BCUT2D eigenvalue weighted by atomic mass is 9.73. The van der Waals surface area contributed by atoms with Gasteiger partial charge in [0.25, 0.3) is 0 Å². The van der Waals surface area contributed by atoms with Crippen LogP contribution in [-0.4, -0.2) is 35.0 Å². The maximum absolute atomic E-state index is 13.9. The van der Waals surface area contributed by atoms with Gasteiger partial charge in [-0.3, -0.25) is 9.59 Å². The number of carbonyl (C=O) groups excluding carboxylic acids is 1. The van der Waals surface area contributed by atoms with E-state index < -0.39 is 17.2 Å². The minimum absolute atomic E-state index is 0.128. The summed E-state index contributed by atoms with van der Waals surface area (Å²) in [5.41, 5.74) is -0.0673. The Hall–Kier alpha value is -2.40. The molecule has 1 heterocycles. The van der Waals surface area contributed by atoms with E-state index >= 15 is 0 Å². The Bertz CT molecular complexity index is 797. The number of carbonyl (C=O) groups is 2. The molecule has 136 valence electrons. The van der Waals surface area contributed by atoms with Gasteiger partial charge in [0.1, 0.15) is 5.82 Å². The molecular formula is C20H19ClFNO3. The smallest absolute Gasteiger partial charge is 0.314 e. The third-order valence-corrected chi connectivity index (χ3v) is 5.45. The second-order valence-corrected chi connectivity index (χ2v) is 6.92. The topological polar surface area (TPSA) is 57.6 Å². The number of aliphatic carboxylic acids is 1. The van der Waals surface area contributed by atoms with Gasteiger partial charge >= 0.3 is 5.97 Å². The average Bonchev–Trinajstić information content (AvgIpc) is 2.65. The summed E-state index contributed by atoms with van der Waals surface area (Å²) in [4.78, 5) is 26.1. The zero-order valence-corrected chi connectivity index (χ0v) is 14.9. The number of carboxylic acids is 1. The molecule has 0 saturated carbocycles. The van der Waals surface area contributed by atoms with Gasteiger partial charge in [-0.25, -0.2) is 4.39 Å². The van der Waals surface area contributed by atoms with Crippen molar-refractivity contribution in [2.45, 2.75) is 24.7 Å². The highest BCUT2D eigenvalue weighted by molar-refractivity contribution is 6.31. The van der Waals surface area contributed by atoms with Gasteiger partial charge in [0.2, 0.25) is 5.91 Å². The van der Waals surface area contributed by atoms with Gasteiger partial charge < -0.3 is 10.0 Å². The molecule has 1 aliphatic rings. The molecule has 26 heavy (non-hydrogen) atoms. The number of carboxylic acid groups (broad SMARTS) is 1. The average molecular weight is 376 g/mol. The number of rotatable bonds is 4. The Morgan fingerprint density at radius 3 is 2.31 bits per heavy atom. The zero-order chi connectivity index (χ0) is 18.7. The second-order valence-electron chi connectivity index (χ2n) is 6.51. The van der Waals surface area contributed by atoms with E-state index in [9.17, 15) is 19.1 Å². The van der Waals surface area contributed by atoms with E-state index in [1.54, 1.807) is 11.0 Å². The SMILES string of the molecule is O=C(Cc1c(F)cccc1Cl)N1CCC(C(=O)O)(c2ccccc2)CC1. The van der Waals surface area contributed by atoms with E-state index in [1.165, 1.54) is 12.1 Å². The number of nitrogens with zero attached hydrogens (tertiary/aromatic N) is 1. The summed E-state index contributed by atoms with van der Waals surface area (Å²) in [6, 6.07) is 13.4. The summed E-state index contributed by atoms with van der Waals surface area (Å²) in [6.07, 6.45) is 0.517. The van der Waals surface area contributed by atoms with Gasteiger partial charge in [-0.1, -0.05) is 48.0 Å². The van der Waals surface area contributed by atoms with Gasteiger partial charge in [0, 0.05) is 23.7 Å². The van der Waals surface area contributed by atoms with Crippen molar-refractivity contribution in [1.29, 1.82) is 0 Å². The van der Waals surface area contributed by atoms with Gasteiger partial charge in [0.15, 0.2) is 0 Å². The third-order valence-electron chi connectivity index (χ3n) is 5.10. The monoisotopic (exact) mass is 375 g/mol. The molecule has 0 aliphatic carbocycles. The molecule has 0 aromatic heterocycles. The van der Waals surface area contributed by atoms with Crippen molar-refractivity contribution < 1.29 is 19.1 Å². The summed E-state index contributed by atoms with van der Waals surface area (Å²) in [6.45, 7) is 0.623. The van der Waals surface area contributed by atoms with Crippen LogP contribution in [0.15, 0.2) is 48.5 Å². The molecule has 0 radical (unpaired) electrons. The summed E-state index contributed by atoms with van der Waals surface area (Å²) >= 11 is 5.99. The summed E-state index contributed by atoms with van der Waals surface area (Å²) in [5.74, 6) is -1.64. The first kappa shape index (κ1) is 18.4. The van der Waals surface area contributed by atoms with Gasteiger partial charge in [-0.15, -0.1) is 0 Å². The largest absolute Gasteiger partial charge is 0.481 e. The van der Waals surface area contributed by atoms with E-state index in [4.69, 9.17) is 11.6 Å². The summed E-state index contributed by atoms with van der Waals surface area (Å²) < 4.78 is 13.9. The van der Waals surface area contributed by atoms with Gasteiger partial charge in [-0.05, 0) is 30.5 Å². The molecular weight excluding hydrogens is 357 g/mol. The summed E-state index contributed by atoms with van der Waals surface area (Å²) in [5, 5.41) is 10.0. The Kier molecular flexibility index (Phi) is 5.28. The van der Waals surface area contributed by atoms with Crippen LogP contribution in [0.3, 0.4) is 0 Å². The molecule has 0 spiro atoms. The Labute approximate surface area is 156 Å². The number of halogens is 2. The quantitative estimate of drug-likeness (QED) is 0.887. The van der Waals surface area contributed by atoms with Crippen LogP contribution in [0, 0.1) is 5.82 Å². The van der Waals surface area contributed by atoms with Crippen molar-refractivity contribution in [3.8, 4) is 0 Å². The predicted octanol–water partition coefficient (Wildman–Crippen LogP) is 3.67. The fourth-order valence-corrected chi connectivity index (χ4v) is 3.72. The second kappa shape index (κ2) is 7.46. The standard InChI is InChI=1S/C20H19ClFNO3/c21-16-7-4-8-17(22)15(16)13-18(24)23-11-9-20(10-12-23,19(25)26)14-5-2-1-3-6-14/h1-8H,9-13H2,(H,25,26). The van der Waals surface area contributed by atoms with Crippen molar-refractivity contribution in [3.63, 3.8) is 0 Å². The lowest BCUT2D eigenvalue weighted by Crippen LogP contribution is -2.49. The van der Waals surface area contributed by atoms with Crippen LogP contribution in [-0.2, 0) is 21.4 Å². The number of hydrogen-bond donors (Lipinski definition) is 1. The fraction of sp³-hybridized carbons (Fsp3) is 0.300. The summed E-state index contributed by atoms with van der Waals surface area (Å²) in [7, 11) is 0. The predicted molar refractivity (Wildman–Crippen MR) is 96.7 cm³/mol. The zero-order valence-electron chi connectivity index (χ0n) is 14.1. The highest BCUT2D eigenvalue weighted by Gasteiger charge is 2.43. The lowest BCUT2D eigenvalue weighted by molar-refractivity contribution is -0.148. The number of hydrogen-bond acceptors (Lipinski definition) is 2. The molecule has 3 rings (SSSR count). The molecule has 0 atom stereocenters. The molecule has 2 aromatic rings. The van der Waals surface area contributed by atoms with Crippen molar-refractivity contribution in [3.05, 3.63) is 70.5 Å². The molecule has 4 nitrogen and oxygen atoms in total. The van der Waals surface area contributed by atoms with Gasteiger partial charge in [0.05, 0.1) is 11.8 Å². The van der Waals surface area contributed by atoms with Crippen molar-refractivity contribution in [1.82, 2.24) is 4.90 Å². The van der Waals surface area contributed by atoms with Crippen LogP contribution in [0.4, 0.5) is 4.39 Å².